The lowest BCUT2D eigenvalue weighted by Crippen LogP contribution is -2.27. The van der Waals surface area contributed by atoms with Crippen molar-refractivity contribution >= 4 is 12.3 Å². The lowest BCUT2D eigenvalue weighted by molar-refractivity contribution is -0.219. The molecule has 0 aliphatic rings. The molecule has 1 N–H and O–H groups in total. The van der Waals surface area contributed by atoms with E-state index in [4.69, 9.17) is 9.84 Å². The van der Waals surface area contributed by atoms with Crippen molar-refractivity contribution < 1.29 is 29.2 Å². The van der Waals surface area contributed by atoms with Crippen LogP contribution in [0.25, 0.3) is 0 Å². The fourth-order valence-electron chi connectivity index (χ4n) is 1.82. The molecule has 0 rings (SSSR count). The van der Waals surface area contributed by atoms with E-state index in [-0.39, 0.29) is 12.0 Å². The smallest absolute Gasteiger partial charge is 0.447 e. The van der Waals surface area contributed by atoms with Crippen molar-refractivity contribution in [2.75, 3.05) is 0 Å². The van der Waals surface area contributed by atoms with Gasteiger partial charge in [0, 0.05) is 0 Å². The van der Waals surface area contributed by atoms with E-state index in [1.807, 2.05) is 13.8 Å². The van der Waals surface area contributed by atoms with Gasteiger partial charge in [-0.25, -0.2) is 9.68 Å². The molecule has 18 heavy (non-hydrogen) atoms. The molecule has 0 aliphatic carbocycles. The normalized spacial score (nSPS) is 12.0. The Kier molecular flexibility index (Phi) is 8.78. The number of carbonyl (C=O) groups is 2. The zero-order chi connectivity index (χ0) is 14.0. The van der Waals surface area contributed by atoms with Gasteiger partial charge in [0.2, 0.25) is 0 Å². The summed E-state index contributed by atoms with van der Waals surface area (Å²) in [5.41, 5.74) is 0. The summed E-state index contributed by atoms with van der Waals surface area (Å²) in [6.45, 7) is 6.10. The van der Waals surface area contributed by atoms with E-state index < -0.39 is 12.3 Å². The fourth-order valence-corrected chi connectivity index (χ4v) is 1.82. The minimum absolute atomic E-state index is 0.244. The van der Waals surface area contributed by atoms with Crippen LogP contribution in [0.4, 0.5) is 9.59 Å². The monoisotopic (exact) mass is 262 g/mol. The Bertz CT molecular complexity index is 249. The lowest BCUT2D eigenvalue weighted by atomic mass is 9.93. The highest BCUT2D eigenvalue weighted by Crippen LogP contribution is 2.21. The molecule has 0 heterocycles. The fraction of sp³-hybridized carbons (Fsp3) is 0.833. The van der Waals surface area contributed by atoms with Gasteiger partial charge in [-0.2, -0.15) is 9.68 Å². The Morgan fingerprint density at radius 1 is 1.11 bits per heavy atom. The zero-order valence-corrected chi connectivity index (χ0v) is 11.2. The van der Waals surface area contributed by atoms with Crippen LogP contribution in [0, 0.1) is 5.92 Å². The highest BCUT2D eigenvalue weighted by molar-refractivity contribution is 5.62. The Hall–Kier alpha value is -1.46. The number of ether oxygens (including phenoxy) is 1. The second kappa shape index (κ2) is 9.56. The van der Waals surface area contributed by atoms with Crippen molar-refractivity contribution in [3.8, 4) is 0 Å². The largest absolute Gasteiger partial charge is 0.550 e. The number of carboxylic acid groups (broad SMARTS) is 1. The molecule has 0 saturated heterocycles. The van der Waals surface area contributed by atoms with Gasteiger partial charge in [-0.15, -0.1) is 0 Å². The summed E-state index contributed by atoms with van der Waals surface area (Å²) in [4.78, 5) is 29.0. The summed E-state index contributed by atoms with van der Waals surface area (Å²) >= 11 is 0. The average molecular weight is 262 g/mol. The van der Waals surface area contributed by atoms with Crippen LogP contribution < -0.4 is 0 Å². The van der Waals surface area contributed by atoms with Crippen LogP contribution >= 0.6 is 0 Å². The summed E-state index contributed by atoms with van der Waals surface area (Å²) < 4.78 is 5.10. The third kappa shape index (κ3) is 6.98. The molecular formula is C12H22O6. The lowest BCUT2D eigenvalue weighted by Gasteiger charge is -2.24. The second-order valence-corrected chi connectivity index (χ2v) is 4.06. The number of rotatable bonds is 7. The summed E-state index contributed by atoms with van der Waals surface area (Å²) in [5.74, 6) is 0.244. The third-order valence-electron chi connectivity index (χ3n) is 2.85. The van der Waals surface area contributed by atoms with Gasteiger partial charge in [0.25, 0.3) is 0 Å². The third-order valence-corrected chi connectivity index (χ3v) is 2.85. The van der Waals surface area contributed by atoms with Crippen LogP contribution in [0.3, 0.4) is 0 Å². The molecule has 0 aromatic carbocycles. The molecule has 0 radical (unpaired) electrons. The van der Waals surface area contributed by atoms with Crippen molar-refractivity contribution in [1.29, 1.82) is 0 Å². The van der Waals surface area contributed by atoms with Crippen LogP contribution in [0.1, 0.15) is 52.9 Å². The van der Waals surface area contributed by atoms with Gasteiger partial charge in [0.05, 0.1) is 0 Å². The highest BCUT2D eigenvalue weighted by Gasteiger charge is 2.24. The first kappa shape index (κ1) is 16.5. The minimum Gasteiger partial charge on any atom is -0.447 e. The van der Waals surface area contributed by atoms with E-state index in [1.165, 1.54) is 0 Å². The molecule has 106 valence electrons. The summed E-state index contributed by atoms with van der Waals surface area (Å²) in [5, 5.41) is 8.18. The topological polar surface area (TPSA) is 82.1 Å². The molecule has 0 spiro atoms. The molecule has 6 heteroatoms. The van der Waals surface area contributed by atoms with Gasteiger partial charge in [-0.3, -0.25) is 0 Å². The zero-order valence-electron chi connectivity index (χ0n) is 11.2. The summed E-state index contributed by atoms with van der Waals surface area (Å²) in [6, 6.07) is 0. The minimum atomic E-state index is -1.68. The molecule has 0 aliphatic heterocycles. The Labute approximate surface area is 107 Å². The first-order valence-corrected chi connectivity index (χ1v) is 6.33. The standard InChI is InChI=1S/C12H22O6/c1-4-7-8-10(9(5-2)6-3)16-12(15)18-17-11(13)14/h9-10H,4-8H2,1-3H3,(H,13,14). The maximum atomic E-state index is 11.2. The van der Waals surface area contributed by atoms with Gasteiger partial charge in [0.15, 0.2) is 0 Å². The van der Waals surface area contributed by atoms with Gasteiger partial charge < -0.3 is 9.84 Å². The number of unbranched alkanes of at least 4 members (excludes halogenated alkanes) is 1. The molecule has 0 amide bonds. The van der Waals surface area contributed by atoms with E-state index in [1.54, 1.807) is 0 Å². The molecule has 0 aromatic rings. The predicted octanol–water partition coefficient (Wildman–Crippen LogP) is 3.74. The molecule has 0 saturated carbocycles. The van der Waals surface area contributed by atoms with E-state index >= 15 is 0 Å². The molecule has 0 bridgehead atoms. The van der Waals surface area contributed by atoms with E-state index in [2.05, 4.69) is 16.7 Å². The highest BCUT2D eigenvalue weighted by atomic mass is 17.3. The van der Waals surface area contributed by atoms with E-state index in [0.29, 0.717) is 0 Å². The SMILES string of the molecule is CCCCC(OC(=O)OOC(=O)O)C(CC)CC. The van der Waals surface area contributed by atoms with E-state index in [9.17, 15) is 9.59 Å². The van der Waals surface area contributed by atoms with E-state index in [0.717, 1.165) is 32.1 Å². The summed E-state index contributed by atoms with van der Waals surface area (Å²) in [7, 11) is 0. The quantitative estimate of drug-likeness (QED) is 0.427. The van der Waals surface area contributed by atoms with Crippen molar-refractivity contribution in [3.63, 3.8) is 0 Å². The predicted molar refractivity (Wildman–Crippen MR) is 64.1 cm³/mol. The maximum Gasteiger partial charge on any atom is 0.550 e. The molecule has 0 fully saturated rings. The Morgan fingerprint density at radius 2 is 1.72 bits per heavy atom. The molecular weight excluding hydrogens is 240 g/mol. The Balaban J connectivity index is 4.28. The van der Waals surface area contributed by atoms with Crippen LogP contribution in [0.2, 0.25) is 0 Å². The van der Waals surface area contributed by atoms with Crippen LogP contribution in [-0.2, 0) is 14.5 Å². The second-order valence-electron chi connectivity index (χ2n) is 4.06. The molecule has 0 aromatic heterocycles. The molecule has 6 nitrogen and oxygen atoms in total. The number of carbonyl (C=O) groups excluding carboxylic acids is 1. The van der Waals surface area contributed by atoms with Crippen LogP contribution in [-0.4, -0.2) is 23.5 Å². The van der Waals surface area contributed by atoms with Crippen LogP contribution in [0.15, 0.2) is 0 Å². The van der Waals surface area contributed by atoms with Gasteiger partial charge in [-0.05, 0) is 25.2 Å². The van der Waals surface area contributed by atoms with Crippen molar-refractivity contribution in [2.24, 2.45) is 5.92 Å². The number of hydrogen-bond donors (Lipinski definition) is 1. The summed E-state index contributed by atoms with van der Waals surface area (Å²) in [6.07, 6.45) is 1.41. The van der Waals surface area contributed by atoms with Gasteiger partial charge in [-0.1, -0.05) is 33.6 Å². The van der Waals surface area contributed by atoms with Crippen molar-refractivity contribution in [2.45, 2.75) is 59.0 Å². The maximum absolute atomic E-state index is 11.2. The molecule has 1 atom stereocenters. The van der Waals surface area contributed by atoms with Gasteiger partial charge >= 0.3 is 12.3 Å². The average Bonchev–Trinajstić information content (AvgIpc) is 2.34. The first-order chi connectivity index (χ1) is 8.54. The number of hydrogen-bond acceptors (Lipinski definition) is 5. The van der Waals surface area contributed by atoms with Crippen molar-refractivity contribution in [3.05, 3.63) is 0 Å². The molecule has 1 unspecified atom stereocenters. The van der Waals surface area contributed by atoms with Crippen molar-refractivity contribution in [1.82, 2.24) is 0 Å². The van der Waals surface area contributed by atoms with Gasteiger partial charge in [0.1, 0.15) is 6.10 Å². The van der Waals surface area contributed by atoms with Crippen LogP contribution in [0.5, 0.6) is 0 Å². The Morgan fingerprint density at radius 3 is 2.17 bits per heavy atom. The first-order valence-electron chi connectivity index (χ1n) is 6.33.